The first-order valence-corrected chi connectivity index (χ1v) is 8.59. The van der Waals surface area contributed by atoms with E-state index in [-0.39, 0.29) is 23.2 Å². The molecule has 2 unspecified atom stereocenters. The van der Waals surface area contributed by atoms with E-state index in [1.54, 1.807) is 0 Å². The third kappa shape index (κ3) is 3.66. The van der Waals surface area contributed by atoms with Crippen LogP contribution in [0.2, 0.25) is 5.02 Å². The molecule has 0 spiro atoms. The maximum atomic E-state index is 14.0. The summed E-state index contributed by atoms with van der Waals surface area (Å²) < 4.78 is 41.1. The minimum absolute atomic E-state index is 0.0524. The number of aliphatic hydroxyl groups is 1. The summed E-state index contributed by atoms with van der Waals surface area (Å²) in [5, 5.41) is 9.37. The topological polar surface area (TPSA) is 92.4 Å². The largest absolute Gasteiger partial charge is 0.396 e. The van der Waals surface area contributed by atoms with Crippen LogP contribution in [0.3, 0.4) is 0 Å². The first kappa shape index (κ1) is 16.5. The zero-order valence-electron chi connectivity index (χ0n) is 11.4. The Hall–Kier alpha value is -0.890. The summed E-state index contributed by atoms with van der Waals surface area (Å²) in [5.41, 5.74) is 5.10. The van der Waals surface area contributed by atoms with E-state index in [0.717, 1.165) is 31.4 Å². The Kier molecular flexibility index (Phi) is 5.08. The van der Waals surface area contributed by atoms with Crippen molar-refractivity contribution in [2.24, 2.45) is 5.92 Å². The molecule has 0 bridgehead atoms. The van der Waals surface area contributed by atoms with E-state index in [1.807, 2.05) is 0 Å². The minimum atomic E-state index is -4.08. The van der Waals surface area contributed by atoms with E-state index < -0.39 is 26.8 Å². The molecule has 0 heterocycles. The number of sulfonamides is 1. The molecule has 0 aromatic heterocycles. The molecule has 1 aliphatic carbocycles. The summed E-state index contributed by atoms with van der Waals surface area (Å²) >= 11 is 5.75. The molecule has 2 atom stereocenters. The van der Waals surface area contributed by atoms with Crippen LogP contribution in [0.1, 0.15) is 25.7 Å². The molecular formula is C13H18ClFN2O3S. The van der Waals surface area contributed by atoms with Crippen molar-refractivity contribution in [2.75, 3.05) is 12.3 Å². The third-order valence-corrected chi connectivity index (χ3v) is 5.48. The van der Waals surface area contributed by atoms with E-state index in [4.69, 9.17) is 17.3 Å². The van der Waals surface area contributed by atoms with Crippen molar-refractivity contribution in [1.82, 2.24) is 4.72 Å². The highest BCUT2D eigenvalue weighted by atomic mass is 35.5. The average Bonchev–Trinajstić information content (AvgIpc) is 2.43. The van der Waals surface area contributed by atoms with Gasteiger partial charge in [0.1, 0.15) is 4.90 Å². The molecule has 0 aliphatic heterocycles. The van der Waals surface area contributed by atoms with Gasteiger partial charge in [0.15, 0.2) is 5.82 Å². The van der Waals surface area contributed by atoms with Crippen molar-refractivity contribution in [2.45, 2.75) is 36.6 Å². The zero-order valence-corrected chi connectivity index (χ0v) is 12.9. The zero-order chi connectivity index (χ0) is 15.6. The monoisotopic (exact) mass is 336 g/mol. The first-order chi connectivity index (χ1) is 9.85. The van der Waals surface area contributed by atoms with Crippen molar-refractivity contribution in [3.05, 3.63) is 23.0 Å². The van der Waals surface area contributed by atoms with Crippen LogP contribution in [0.15, 0.2) is 17.0 Å². The lowest BCUT2D eigenvalue weighted by atomic mass is 9.86. The molecule has 1 aromatic carbocycles. The summed E-state index contributed by atoms with van der Waals surface area (Å²) in [5.74, 6) is -1.17. The van der Waals surface area contributed by atoms with Crippen LogP contribution in [-0.4, -0.2) is 26.2 Å². The molecule has 5 nitrogen and oxygen atoms in total. The SMILES string of the molecule is Nc1cc(Cl)cc(S(=O)(=O)NC2CCCCC2CO)c1F. The standard InChI is InChI=1S/C13H18ClFN2O3S/c14-9-5-10(16)13(15)12(6-9)21(19,20)17-11-4-2-1-3-8(11)7-18/h5-6,8,11,17-18H,1-4,7,16H2. The molecule has 0 amide bonds. The van der Waals surface area contributed by atoms with E-state index in [9.17, 15) is 17.9 Å². The van der Waals surface area contributed by atoms with Gasteiger partial charge in [-0.2, -0.15) is 0 Å². The summed E-state index contributed by atoms with van der Waals surface area (Å²) in [6.45, 7) is -0.104. The molecule has 0 saturated heterocycles. The molecule has 0 radical (unpaired) electrons. The number of benzene rings is 1. The van der Waals surface area contributed by atoms with Crippen LogP contribution in [0, 0.1) is 11.7 Å². The lowest BCUT2D eigenvalue weighted by molar-refractivity contribution is 0.164. The second-order valence-electron chi connectivity index (χ2n) is 5.26. The molecule has 21 heavy (non-hydrogen) atoms. The van der Waals surface area contributed by atoms with Crippen molar-refractivity contribution < 1.29 is 17.9 Å². The van der Waals surface area contributed by atoms with Crippen molar-refractivity contribution >= 4 is 27.3 Å². The van der Waals surface area contributed by atoms with Gasteiger partial charge >= 0.3 is 0 Å². The van der Waals surface area contributed by atoms with Crippen molar-refractivity contribution in [3.63, 3.8) is 0 Å². The fourth-order valence-corrected chi connectivity index (χ4v) is 4.39. The number of nitrogens with one attached hydrogen (secondary N) is 1. The Morgan fingerprint density at radius 3 is 2.71 bits per heavy atom. The summed E-state index contributed by atoms with van der Waals surface area (Å²) in [6.07, 6.45) is 3.16. The molecule has 1 aromatic rings. The molecule has 1 saturated carbocycles. The van der Waals surface area contributed by atoms with E-state index in [0.29, 0.717) is 6.42 Å². The predicted octanol–water partition coefficient (Wildman–Crippen LogP) is 1.89. The van der Waals surface area contributed by atoms with Gasteiger partial charge in [0.25, 0.3) is 0 Å². The number of anilines is 1. The fourth-order valence-electron chi connectivity index (χ4n) is 2.62. The number of nitrogens with two attached hydrogens (primary N) is 1. The number of halogens is 2. The predicted molar refractivity (Wildman–Crippen MR) is 79.0 cm³/mol. The normalized spacial score (nSPS) is 23.2. The van der Waals surface area contributed by atoms with Crippen LogP contribution in [0.25, 0.3) is 0 Å². The lowest BCUT2D eigenvalue weighted by Gasteiger charge is -2.30. The highest BCUT2D eigenvalue weighted by molar-refractivity contribution is 7.89. The number of hydrogen-bond acceptors (Lipinski definition) is 4. The smallest absolute Gasteiger partial charge is 0.243 e. The fraction of sp³-hybridized carbons (Fsp3) is 0.538. The Morgan fingerprint density at radius 2 is 2.05 bits per heavy atom. The lowest BCUT2D eigenvalue weighted by Crippen LogP contribution is -2.43. The number of hydrogen-bond donors (Lipinski definition) is 3. The molecule has 118 valence electrons. The second-order valence-corrected chi connectivity index (χ2v) is 7.38. The molecule has 1 aliphatic rings. The Labute approximate surface area is 128 Å². The summed E-state index contributed by atoms with van der Waals surface area (Å²) in [6, 6.07) is 1.78. The number of nitrogen functional groups attached to an aromatic ring is 1. The quantitative estimate of drug-likeness (QED) is 0.732. The van der Waals surface area contributed by atoms with Gasteiger partial charge in [-0.15, -0.1) is 0 Å². The van der Waals surface area contributed by atoms with Crippen LogP contribution in [-0.2, 0) is 10.0 Å². The number of rotatable bonds is 4. The summed E-state index contributed by atoms with van der Waals surface area (Å²) in [4.78, 5) is -0.560. The average molecular weight is 337 g/mol. The highest BCUT2D eigenvalue weighted by Crippen LogP contribution is 2.28. The molecule has 2 rings (SSSR count). The van der Waals surface area contributed by atoms with Gasteiger partial charge in [0.2, 0.25) is 10.0 Å². The van der Waals surface area contributed by atoms with E-state index in [1.165, 1.54) is 0 Å². The van der Waals surface area contributed by atoms with Gasteiger partial charge in [-0.25, -0.2) is 17.5 Å². The second kappa shape index (κ2) is 6.48. The van der Waals surface area contributed by atoms with Crippen LogP contribution in [0.4, 0.5) is 10.1 Å². The third-order valence-electron chi connectivity index (χ3n) is 3.77. The van der Waals surface area contributed by atoms with Gasteiger partial charge < -0.3 is 10.8 Å². The van der Waals surface area contributed by atoms with E-state index >= 15 is 0 Å². The molecule has 4 N–H and O–H groups in total. The first-order valence-electron chi connectivity index (χ1n) is 6.73. The van der Waals surface area contributed by atoms with Crippen molar-refractivity contribution in [3.8, 4) is 0 Å². The van der Waals surface area contributed by atoms with Gasteiger partial charge in [-0.1, -0.05) is 24.4 Å². The molecule has 1 fully saturated rings. The molecular weight excluding hydrogens is 319 g/mol. The van der Waals surface area contributed by atoms with E-state index in [2.05, 4.69) is 4.72 Å². The maximum absolute atomic E-state index is 14.0. The number of aliphatic hydroxyl groups excluding tert-OH is 1. The Morgan fingerprint density at radius 1 is 1.38 bits per heavy atom. The highest BCUT2D eigenvalue weighted by Gasteiger charge is 2.31. The Balaban J connectivity index is 2.30. The summed E-state index contributed by atoms with van der Waals surface area (Å²) in [7, 11) is -4.08. The minimum Gasteiger partial charge on any atom is -0.396 e. The van der Waals surface area contributed by atoms with Crippen molar-refractivity contribution in [1.29, 1.82) is 0 Å². The van der Waals surface area contributed by atoms with Gasteiger partial charge in [0, 0.05) is 17.7 Å². The van der Waals surface area contributed by atoms with Gasteiger partial charge in [-0.3, -0.25) is 0 Å². The van der Waals surface area contributed by atoms with Crippen LogP contribution < -0.4 is 10.5 Å². The van der Waals surface area contributed by atoms with Crippen LogP contribution in [0.5, 0.6) is 0 Å². The molecule has 8 heteroatoms. The van der Waals surface area contributed by atoms with Gasteiger partial charge in [-0.05, 0) is 30.9 Å². The maximum Gasteiger partial charge on any atom is 0.243 e. The van der Waals surface area contributed by atoms with Gasteiger partial charge in [0.05, 0.1) is 5.69 Å². The Bertz CT molecular complexity index is 624. The van der Waals surface area contributed by atoms with Crippen LogP contribution >= 0.6 is 11.6 Å².